The lowest BCUT2D eigenvalue weighted by atomic mass is 11.0. The number of carbonyl (C=O) groups excluding carboxylic acids is 1. The molecule has 0 atom stereocenters. The predicted molar refractivity (Wildman–Crippen MR) is 18.8 cm³/mol. The molecule has 34 valence electrons. The van der Waals surface area contributed by atoms with E-state index < -0.39 is 5.95 Å². The zero-order valence-electron chi connectivity index (χ0n) is 3.26. The summed E-state index contributed by atoms with van der Waals surface area (Å²) in [5.41, 5.74) is 0. The largest absolute Gasteiger partial charge is 0.473 e. The average molecular weight is 88.1 g/mol. The molecule has 6 heavy (non-hydrogen) atoms. The van der Waals surface area contributed by atoms with Crippen LogP contribution in [-0.2, 0) is 9.53 Å². The van der Waals surface area contributed by atoms with Gasteiger partial charge in [0.1, 0.15) is 0 Å². The first-order chi connectivity index (χ1) is 2.81. The molecule has 0 bridgehead atoms. The Morgan fingerprint density at radius 1 is 2.00 bits per heavy atom. The smallest absolute Gasteiger partial charge is 0.367 e. The second-order valence-electron chi connectivity index (χ2n) is 0.611. The molecule has 1 N–H and O–H groups in total. The van der Waals surface area contributed by atoms with Crippen molar-refractivity contribution in [2.45, 2.75) is 0 Å². The summed E-state index contributed by atoms with van der Waals surface area (Å²) in [6, 6.07) is 0. The lowest BCUT2D eigenvalue weighted by molar-refractivity contribution is 0.142. The highest BCUT2D eigenvalue weighted by molar-refractivity contribution is 5.45. The van der Waals surface area contributed by atoms with Gasteiger partial charge in [-0.15, -0.1) is 0 Å². The van der Waals surface area contributed by atoms with Crippen molar-refractivity contribution in [3.63, 3.8) is 0 Å². The number of hydrogen-bond acceptors (Lipinski definition) is 3. The average Bonchev–Trinajstić information content (AvgIpc) is 1.65. The molecule has 0 aliphatic carbocycles. The highest BCUT2D eigenvalue weighted by Gasteiger charge is 1.79. The van der Waals surface area contributed by atoms with Crippen molar-refractivity contribution >= 4 is 5.94 Å². The van der Waals surface area contributed by atoms with Crippen molar-refractivity contribution in [3.05, 3.63) is 5.95 Å². The van der Waals surface area contributed by atoms with E-state index in [-0.39, 0.29) is 0 Å². The minimum atomic E-state index is -0.713. The van der Waals surface area contributed by atoms with Gasteiger partial charge in [0.15, 0.2) is 0 Å². The molecular weight excluding hydrogens is 84.0 g/mol. The standard InChI is InChI=1S/C3H4O3/c1-6-3(5)2-4/h5H,1H3. The molecule has 0 saturated carbocycles. The van der Waals surface area contributed by atoms with E-state index in [2.05, 4.69) is 4.74 Å². The van der Waals surface area contributed by atoms with Crippen LogP contribution in [0.25, 0.3) is 0 Å². The van der Waals surface area contributed by atoms with Crippen LogP contribution >= 0.6 is 0 Å². The highest BCUT2D eigenvalue weighted by atomic mass is 16.6. The van der Waals surface area contributed by atoms with E-state index in [0.29, 0.717) is 0 Å². The first-order valence-corrected chi connectivity index (χ1v) is 1.29. The molecule has 0 aliphatic heterocycles. The number of aliphatic hydroxyl groups is 1. The maximum absolute atomic E-state index is 9.20. The summed E-state index contributed by atoms with van der Waals surface area (Å²) in [5, 5.41) is 7.94. The Hall–Kier alpha value is -0.950. The lowest BCUT2D eigenvalue weighted by Gasteiger charge is -1.83. The quantitative estimate of drug-likeness (QED) is 0.358. The summed E-state index contributed by atoms with van der Waals surface area (Å²) < 4.78 is 3.95. The van der Waals surface area contributed by atoms with Gasteiger partial charge in [0.2, 0.25) is 5.94 Å². The van der Waals surface area contributed by atoms with E-state index in [4.69, 9.17) is 5.11 Å². The summed E-state index contributed by atoms with van der Waals surface area (Å²) in [6.45, 7) is 0. The molecule has 0 saturated heterocycles. The minimum Gasteiger partial charge on any atom is -0.473 e. The van der Waals surface area contributed by atoms with Crippen molar-refractivity contribution in [2.24, 2.45) is 0 Å². The van der Waals surface area contributed by atoms with Crippen molar-refractivity contribution in [3.8, 4) is 0 Å². The molecule has 0 aromatic carbocycles. The molecule has 0 aliphatic rings. The van der Waals surface area contributed by atoms with Crippen molar-refractivity contribution in [2.75, 3.05) is 7.11 Å². The monoisotopic (exact) mass is 88.0 g/mol. The highest BCUT2D eigenvalue weighted by Crippen LogP contribution is 1.73. The third-order valence-corrected chi connectivity index (χ3v) is 0.281. The molecule has 0 amide bonds. The van der Waals surface area contributed by atoms with E-state index in [1.54, 1.807) is 0 Å². The summed E-state index contributed by atoms with van der Waals surface area (Å²) in [7, 11) is 1.18. The van der Waals surface area contributed by atoms with Gasteiger partial charge < -0.3 is 9.84 Å². The fourth-order valence-electron chi connectivity index (χ4n) is 0.0417. The van der Waals surface area contributed by atoms with Crippen LogP contribution in [0.4, 0.5) is 0 Å². The van der Waals surface area contributed by atoms with Crippen LogP contribution in [0.3, 0.4) is 0 Å². The number of hydrogen-bond donors (Lipinski definition) is 1. The summed E-state index contributed by atoms with van der Waals surface area (Å²) in [4.78, 5) is 9.20. The van der Waals surface area contributed by atoms with E-state index in [0.717, 1.165) is 5.94 Å². The van der Waals surface area contributed by atoms with Gasteiger partial charge in [-0.1, -0.05) is 0 Å². The van der Waals surface area contributed by atoms with Gasteiger partial charge in [-0.2, -0.15) is 0 Å². The Morgan fingerprint density at radius 3 is 2.50 bits per heavy atom. The lowest BCUT2D eigenvalue weighted by Crippen LogP contribution is -1.81. The van der Waals surface area contributed by atoms with Gasteiger partial charge >= 0.3 is 5.95 Å². The molecule has 0 heterocycles. The van der Waals surface area contributed by atoms with Gasteiger partial charge in [0, 0.05) is 0 Å². The van der Waals surface area contributed by atoms with Gasteiger partial charge in [-0.3, -0.25) is 0 Å². The maximum Gasteiger partial charge on any atom is 0.367 e. The Morgan fingerprint density at radius 2 is 2.50 bits per heavy atom. The number of aliphatic hydroxyl groups excluding tert-OH is 1. The molecule has 0 fully saturated rings. The van der Waals surface area contributed by atoms with Gasteiger partial charge in [-0.25, -0.2) is 4.79 Å². The summed E-state index contributed by atoms with van der Waals surface area (Å²) in [6.07, 6.45) is 0. The van der Waals surface area contributed by atoms with Crippen molar-refractivity contribution < 1.29 is 14.6 Å². The fraction of sp³-hybridized carbons (Fsp3) is 0.333. The second kappa shape index (κ2) is 2.30. The van der Waals surface area contributed by atoms with Gasteiger partial charge in [0.05, 0.1) is 7.11 Å². The second-order valence-corrected chi connectivity index (χ2v) is 0.611. The van der Waals surface area contributed by atoms with Gasteiger partial charge in [0.25, 0.3) is 0 Å². The van der Waals surface area contributed by atoms with Crippen LogP contribution in [0, 0.1) is 0 Å². The van der Waals surface area contributed by atoms with Crippen molar-refractivity contribution in [1.82, 2.24) is 0 Å². The molecular formula is C3H4O3. The van der Waals surface area contributed by atoms with Crippen LogP contribution < -0.4 is 0 Å². The molecule has 0 aromatic rings. The summed E-state index contributed by atoms with van der Waals surface area (Å²) in [5.74, 6) is 0.402. The van der Waals surface area contributed by atoms with Crippen LogP contribution in [0.1, 0.15) is 0 Å². The van der Waals surface area contributed by atoms with Gasteiger partial charge in [-0.05, 0) is 0 Å². The molecule has 0 unspecified atom stereocenters. The van der Waals surface area contributed by atoms with Crippen LogP contribution in [-0.4, -0.2) is 18.2 Å². The zero-order valence-corrected chi connectivity index (χ0v) is 3.26. The van der Waals surface area contributed by atoms with Crippen LogP contribution in [0.15, 0.2) is 5.95 Å². The van der Waals surface area contributed by atoms with Crippen molar-refractivity contribution in [1.29, 1.82) is 0 Å². The Kier molecular flexibility index (Phi) is 1.93. The first-order valence-electron chi connectivity index (χ1n) is 1.29. The molecule has 3 heteroatoms. The van der Waals surface area contributed by atoms with E-state index >= 15 is 0 Å². The number of ether oxygens (including phenoxy) is 1. The minimum absolute atomic E-state index is 0.713. The molecule has 3 nitrogen and oxygen atoms in total. The molecule has 0 rings (SSSR count). The van der Waals surface area contributed by atoms with E-state index in [1.807, 2.05) is 0 Å². The molecule has 0 spiro atoms. The van der Waals surface area contributed by atoms with Crippen LogP contribution in [0.2, 0.25) is 0 Å². The normalized spacial score (nSPS) is 6.17. The van der Waals surface area contributed by atoms with Crippen LogP contribution in [0.5, 0.6) is 0 Å². The Bertz CT molecular complexity index is 80.0. The predicted octanol–water partition coefficient (Wildman–Crippen LogP) is -0.136. The maximum atomic E-state index is 9.20. The Labute approximate surface area is 34.8 Å². The third kappa shape index (κ3) is 1.38. The summed E-state index contributed by atoms with van der Waals surface area (Å²) >= 11 is 0. The fourth-order valence-corrected chi connectivity index (χ4v) is 0.0417. The number of rotatable bonds is 1. The van der Waals surface area contributed by atoms with E-state index in [9.17, 15) is 4.79 Å². The topological polar surface area (TPSA) is 46.5 Å². The van der Waals surface area contributed by atoms with E-state index in [1.165, 1.54) is 7.11 Å². The number of methoxy groups -OCH3 is 1. The SMILES string of the molecule is COC(O)=C=O. The molecule has 0 radical (unpaired) electrons. The first kappa shape index (κ1) is 5.05. The molecule has 0 aromatic heterocycles. The zero-order chi connectivity index (χ0) is 4.99. The third-order valence-electron chi connectivity index (χ3n) is 0.281. The Balaban J connectivity index is 3.52.